The van der Waals surface area contributed by atoms with Crippen LogP contribution < -0.4 is 0 Å². The van der Waals surface area contributed by atoms with Gasteiger partial charge in [-0.1, -0.05) is 11.8 Å². The number of rotatable bonds is 6. The van der Waals surface area contributed by atoms with E-state index in [1.54, 1.807) is 13.2 Å². The van der Waals surface area contributed by atoms with Crippen LogP contribution in [0.5, 0.6) is 0 Å². The molecule has 2 aromatic rings. The zero-order chi connectivity index (χ0) is 13.0. The van der Waals surface area contributed by atoms with Gasteiger partial charge in [0.15, 0.2) is 5.58 Å². The Labute approximate surface area is 108 Å². The fraction of sp³-hybridized carbons (Fsp3) is 0.333. The summed E-state index contributed by atoms with van der Waals surface area (Å²) in [6.45, 7) is 0.705. The number of nitrogens with zero attached hydrogens (tertiary/aromatic N) is 1. The van der Waals surface area contributed by atoms with Crippen LogP contribution in [0.25, 0.3) is 11.1 Å². The predicted octanol–water partition coefficient (Wildman–Crippen LogP) is 2.65. The molecule has 5 nitrogen and oxygen atoms in total. The van der Waals surface area contributed by atoms with Crippen molar-refractivity contribution in [3.63, 3.8) is 0 Å². The van der Waals surface area contributed by atoms with E-state index < -0.39 is 5.97 Å². The van der Waals surface area contributed by atoms with E-state index in [2.05, 4.69) is 4.98 Å². The number of fused-ring (bicyclic) bond motifs is 1. The van der Waals surface area contributed by atoms with Crippen LogP contribution in [0.1, 0.15) is 16.8 Å². The molecule has 2 rings (SSSR count). The molecule has 18 heavy (non-hydrogen) atoms. The average molecular weight is 267 g/mol. The number of aromatic nitrogens is 1. The third-order valence-corrected chi connectivity index (χ3v) is 3.25. The van der Waals surface area contributed by atoms with Crippen LogP contribution in [-0.4, -0.2) is 35.5 Å². The van der Waals surface area contributed by atoms with Gasteiger partial charge >= 0.3 is 5.97 Å². The minimum absolute atomic E-state index is 0.203. The molecule has 0 bridgehead atoms. The molecule has 6 heteroatoms. The minimum Gasteiger partial charge on any atom is -0.478 e. The zero-order valence-electron chi connectivity index (χ0n) is 9.88. The number of aromatic carboxylic acids is 1. The largest absolute Gasteiger partial charge is 0.478 e. The van der Waals surface area contributed by atoms with Crippen molar-refractivity contribution in [2.24, 2.45) is 0 Å². The van der Waals surface area contributed by atoms with Crippen molar-refractivity contribution in [2.75, 3.05) is 19.5 Å². The standard InChI is InChI=1S/C12H13NO4S/c1-16-5-2-6-18-12-13-9-4-3-8(11(14)15)7-10(9)17-12/h3-4,7H,2,5-6H2,1H3,(H,14,15). The highest BCUT2D eigenvalue weighted by molar-refractivity contribution is 7.99. The van der Waals surface area contributed by atoms with Gasteiger partial charge in [-0.05, 0) is 24.6 Å². The maximum absolute atomic E-state index is 10.8. The van der Waals surface area contributed by atoms with E-state index in [0.717, 1.165) is 12.2 Å². The first-order valence-corrected chi connectivity index (χ1v) is 6.45. The molecular formula is C12H13NO4S. The number of benzene rings is 1. The lowest BCUT2D eigenvalue weighted by Crippen LogP contribution is -1.94. The number of hydrogen-bond acceptors (Lipinski definition) is 5. The SMILES string of the molecule is COCCCSc1nc2ccc(C(=O)O)cc2o1. The van der Waals surface area contributed by atoms with Crippen molar-refractivity contribution in [3.8, 4) is 0 Å². The van der Waals surface area contributed by atoms with E-state index in [1.807, 2.05) is 0 Å². The Hall–Kier alpha value is -1.53. The summed E-state index contributed by atoms with van der Waals surface area (Å²) in [5, 5.41) is 9.43. The topological polar surface area (TPSA) is 72.6 Å². The summed E-state index contributed by atoms with van der Waals surface area (Å²) in [6.07, 6.45) is 0.917. The molecule has 0 aliphatic carbocycles. The van der Waals surface area contributed by atoms with Gasteiger partial charge in [0.1, 0.15) is 5.52 Å². The number of carboxylic acid groups (broad SMARTS) is 1. The van der Waals surface area contributed by atoms with Gasteiger partial charge in [0.05, 0.1) is 5.56 Å². The van der Waals surface area contributed by atoms with Gasteiger partial charge < -0.3 is 14.3 Å². The van der Waals surface area contributed by atoms with Gasteiger partial charge in [-0.25, -0.2) is 9.78 Å². The predicted molar refractivity (Wildman–Crippen MR) is 68.2 cm³/mol. The van der Waals surface area contributed by atoms with Crippen molar-refractivity contribution < 1.29 is 19.1 Å². The van der Waals surface area contributed by atoms with E-state index in [4.69, 9.17) is 14.3 Å². The van der Waals surface area contributed by atoms with Gasteiger partial charge in [-0.2, -0.15) is 0 Å². The molecule has 0 fully saturated rings. The minimum atomic E-state index is -0.970. The van der Waals surface area contributed by atoms with Gasteiger partial charge in [-0.3, -0.25) is 0 Å². The van der Waals surface area contributed by atoms with Crippen LogP contribution in [-0.2, 0) is 4.74 Å². The average Bonchev–Trinajstić information content (AvgIpc) is 2.76. The van der Waals surface area contributed by atoms with Crippen LogP contribution in [0.2, 0.25) is 0 Å². The summed E-state index contributed by atoms with van der Waals surface area (Å²) >= 11 is 1.50. The lowest BCUT2D eigenvalue weighted by atomic mass is 10.2. The Kier molecular flexibility index (Phi) is 4.22. The molecule has 1 aromatic carbocycles. The van der Waals surface area contributed by atoms with E-state index in [0.29, 0.717) is 22.9 Å². The van der Waals surface area contributed by atoms with E-state index in [-0.39, 0.29) is 5.56 Å². The summed E-state index contributed by atoms with van der Waals surface area (Å²) in [4.78, 5) is 15.1. The fourth-order valence-corrected chi connectivity index (χ4v) is 2.21. The maximum Gasteiger partial charge on any atom is 0.335 e. The van der Waals surface area contributed by atoms with Crippen molar-refractivity contribution in [2.45, 2.75) is 11.6 Å². The monoisotopic (exact) mass is 267 g/mol. The van der Waals surface area contributed by atoms with Crippen molar-refractivity contribution in [1.29, 1.82) is 0 Å². The van der Waals surface area contributed by atoms with Crippen LogP contribution in [0.3, 0.4) is 0 Å². The molecule has 0 saturated carbocycles. The first-order valence-electron chi connectivity index (χ1n) is 5.46. The van der Waals surface area contributed by atoms with Crippen molar-refractivity contribution >= 4 is 28.8 Å². The Morgan fingerprint density at radius 1 is 1.56 bits per heavy atom. The number of thioether (sulfide) groups is 1. The molecule has 0 radical (unpaired) electrons. The lowest BCUT2D eigenvalue weighted by Gasteiger charge is -1.95. The number of methoxy groups -OCH3 is 1. The fourth-order valence-electron chi connectivity index (χ4n) is 1.46. The third kappa shape index (κ3) is 3.02. The molecule has 1 heterocycles. The van der Waals surface area contributed by atoms with Gasteiger partial charge in [-0.15, -0.1) is 0 Å². The first-order chi connectivity index (χ1) is 8.70. The van der Waals surface area contributed by atoms with Crippen molar-refractivity contribution in [1.82, 2.24) is 4.98 Å². The summed E-state index contributed by atoms with van der Waals surface area (Å²) in [5.74, 6) is -0.116. The molecule has 0 unspecified atom stereocenters. The van der Waals surface area contributed by atoms with Crippen LogP contribution in [0.15, 0.2) is 27.8 Å². The number of hydrogen-bond donors (Lipinski definition) is 1. The van der Waals surface area contributed by atoms with Crippen LogP contribution in [0, 0.1) is 0 Å². The van der Waals surface area contributed by atoms with Crippen LogP contribution in [0.4, 0.5) is 0 Å². The van der Waals surface area contributed by atoms with Gasteiger partial charge in [0, 0.05) is 19.5 Å². The summed E-state index contributed by atoms with van der Waals surface area (Å²) in [5.41, 5.74) is 1.38. The smallest absolute Gasteiger partial charge is 0.335 e. The second-order valence-corrected chi connectivity index (χ2v) is 4.71. The first kappa shape index (κ1) is 12.9. The number of carboxylic acids is 1. The second kappa shape index (κ2) is 5.88. The van der Waals surface area contributed by atoms with E-state index >= 15 is 0 Å². The normalized spacial score (nSPS) is 10.9. The maximum atomic E-state index is 10.8. The highest BCUT2D eigenvalue weighted by Crippen LogP contribution is 2.24. The quantitative estimate of drug-likeness (QED) is 0.640. The van der Waals surface area contributed by atoms with Gasteiger partial charge in [0.25, 0.3) is 5.22 Å². The van der Waals surface area contributed by atoms with Crippen LogP contribution >= 0.6 is 11.8 Å². The molecule has 0 atom stereocenters. The molecule has 96 valence electrons. The Balaban J connectivity index is 2.09. The Morgan fingerprint density at radius 3 is 3.11 bits per heavy atom. The van der Waals surface area contributed by atoms with E-state index in [1.165, 1.54) is 23.9 Å². The highest BCUT2D eigenvalue weighted by atomic mass is 32.2. The van der Waals surface area contributed by atoms with Crippen molar-refractivity contribution in [3.05, 3.63) is 23.8 Å². The number of oxazole rings is 1. The molecule has 0 amide bonds. The number of ether oxygens (including phenoxy) is 1. The Morgan fingerprint density at radius 2 is 2.39 bits per heavy atom. The second-order valence-electron chi connectivity index (χ2n) is 3.66. The number of carbonyl (C=O) groups is 1. The lowest BCUT2D eigenvalue weighted by molar-refractivity contribution is 0.0697. The third-order valence-electron chi connectivity index (χ3n) is 2.33. The Bertz CT molecular complexity index is 552. The summed E-state index contributed by atoms with van der Waals surface area (Å²) < 4.78 is 10.4. The molecule has 0 spiro atoms. The summed E-state index contributed by atoms with van der Waals surface area (Å²) in [6, 6.07) is 4.66. The van der Waals surface area contributed by atoms with Gasteiger partial charge in [0.2, 0.25) is 0 Å². The zero-order valence-corrected chi connectivity index (χ0v) is 10.7. The van der Waals surface area contributed by atoms with E-state index in [9.17, 15) is 4.79 Å². The molecule has 0 saturated heterocycles. The highest BCUT2D eigenvalue weighted by Gasteiger charge is 2.09. The summed E-state index contributed by atoms with van der Waals surface area (Å²) in [7, 11) is 1.66. The molecular weight excluding hydrogens is 254 g/mol. The molecule has 1 aromatic heterocycles. The molecule has 0 aliphatic heterocycles. The molecule has 0 aliphatic rings. The molecule has 1 N–H and O–H groups in total.